The first-order valence-electron chi connectivity index (χ1n) is 13.9. The fourth-order valence-electron chi connectivity index (χ4n) is 4.61. The Morgan fingerprint density at radius 1 is 1.20 bits per heavy atom. The molecule has 1 aliphatic carbocycles. The molecule has 3 N–H and O–H groups in total. The van der Waals surface area contributed by atoms with Gasteiger partial charge in [-0.05, 0) is 62.1 Å². The van der Waals surface area contributed by atoms with Crippen molar-refractivity contribution in [3.8, 4) is 0 Å². The molecule has 9 nitrogen and oxygen atoms in total. The van der Waals surface area contributed by atoms with E-state index in [4.69, 9.17) is 20.2 Å². The zero-order valence-corrected chi connectivity index (χ0v) is 25.7. The number of anilines is 2. The van der Waals surface area contributed by atoms with E-state index in [0.29, 0.717) is 55.2 Å². The summed E-state index contributed by atoms with van der Waals surface area (Å²) in [5, 5.41) is 2.93. The van der Waals surface area contributed by atoms with Crippen LogP contribution in [-0.4, -0.2) is 85.9 Å². The molecule has 0 bridgehead atoms. The quantitative estimate of drug-likeness (QED) is 0.297. The number of pyridine rings is 1. The third-order valence-electron chi connectivity index (χ3n) is 7.69. The average molecular weight is 574 g/mol. The van der Waals surface area contributed by atoms with E-state index in [0.717, 1.165) is 18.5 Å². The van der Waals surface area contributed by atoms with Gasteiger partial charge in [-0.15, -0.1) is 0 Å². The van der Waals surface area contributed by atoms with Gasteiger partial charge >= 0.3 is 0 Å². The van der Waals surface area contributed by atoms with Crippen LogP contribution >= 0.6 is 0 Å². The number of nitrogens with two attached hydrogens (primary N) is 1. The highest BCUT2D eigenvalue weighted by Gasteiger charge is 2.34. The number of nitrogens with one attached hydrogen (secondary N) is 1. The van der Waals surface area contributed by atoms with Gasteiger partial charge in [0.2, 0.25) is 0 Å². The monoisotopic (exact) mass is 573 g/mol. The molecule has 0 aliphatic heterocycles. The Hall–Kier alpha value is -2.66. The van der Waals surface area contributed by atoms with Gasteiger partial charge in [0.1, 0.15) is 11.6 Å². The SMILES string of the molecule is C=S(=O)(C(C)C)N(C)c1cc(C(=O)N[C@@H](Cc2ccccc2)C(N)COC)cc(N(CCOC)CC2CC2C)n1. The van der Waals surface area contributed by atoms with Crippen molar-refractivity contribution in [3.05, 3.63) is 53.6 Å². The number of hydrogen-bond acceptors (Lipinski definition) is 7. The standard InChI is InChI=1S/C30H47N5O4S/c1-21(2)40(7,37)34(4)28-17-24(18-29(33-28)35(13-14-38-5)19-25-15-22(25)3)30(36)32-27(26(31)20-39-6)16-23-11-9-8-10-12-23/h8-12,17-18,21-22,25-27H,7,13-16,19-20,31H2,1-6H3,(H,32,36)/t22?,25?,26?,27-,40?/m0/s1. The third kappa shape index (κ3) is 8.42. The molecule has 1 amide bonds. The first kappa shape index (κ1) is 31.9. The summed E-state index contributed by atoms with van der Waals surface area (Å²) in [5.74, 6) is 6.01. The largest absolute Gasteiger partial charge is 0.383 e. The zero-order chi connectivity index (χ0) is 29.4. The normalized spacial score (nSPS) is 19.5. The Bertz CT molecular complexity index is 1210. The summed E-state index contributed by atoms with van der Waals surface area (Å²) >= 11 is 0. The number of amides is 1. The predicted molar refractivity (Wildman–Crippen MR) is 166 cm³/mol. The van der Waals surface area contributed by atoms with Crippen LogP contribution in [0.2, 0.25) is 0 Å². The van der Waals surface area contributed by atoms with Gasteiger partial charge in [-0.25, -0.2) is 9.19 Å². The van der Waals surface area contributed by atoms with E-state index in [9.17, 15) is 9.00 Å². The molecule has 3 rings (SSSR count). The summed E-state index contributed by atoms with van der Waals surface area (Å²) in [5.41, 5.74) is 7.93. The highest BCUT2D eigenvalue weighted by Crippen LogP contribution is 2.39. The van der Waals surface area contributed by atoms with Crippen LogP contribution in [0.5, 0.6) is 0 Å². The van der Waals surface area contributed by atoms with Crippen LogP contribution in [0.3, 0.4) is 0 Å². The summed E-state index contributed by atoms with van der Waals surface area (Å²) < 4.78 is 25.8. The molecule has 0 saturated heterocycles. The van der Waals surface area contributed by atoms with Crippen LogP contribution in [0.1, 0.15) is 43.1 Å². The molecular formula is C30H47N5O4S. The summed E-state index contributed by atoms with van der Waals surface area (Å²) in [6, 6.07) is 12.6. The fraction of sp³-hybridized carbons (Fsp3) is 0.567. The zero-order valence-electron chi connectivity index (χ0n) is 24.8. The van der Waals surface area contributed by atoms with Gasteiger partial charge in [0, 0.05) is 51.2 Å². The summed E-state index contributed by atoms with van der Waals surface area (Å²) in [7, 11) is 2.31. The van der Waals surface area contributed by atoms with Crippen molar-refractivity contribution in [3.63, 3.8) is 0 Å². The van der Waals surface area contributed by atoms with Gasteiger partial charge in [0.15, 0.2) is 0 Å². The molecular weight excluding hydrogens is 526 g/mol. The number of ether oxygens (including phenoxy) is 2. The minimum absolute atomic E-state index is 0.209. The molecule has 1 aromatic heterocycles. The minimum Gasteiger partial charge on any atom is -0.383 e. The van der Waals surface area contributed by atoms with Crippen molar-refractivity contribution in [2.45, 2.75) is 50.9 Å². The molecule has 1 aliphatic rings. The second kappa shape index (κ2) is 14.3. The van der Waals surface area contributed by atoms with E-state index in [1.807, 2.05) is 44.2 Å². The van der Waals surface area contributed by atoms with Gasteiger partial charge < -0.3 is 25.4 Å². The summed E-state index contributed by atoms with van der Waals surface area (Å²) in [6.07, 6.45) is 1.72. The van der Waals surface area contributed by atoms with Gasteiger partial charge in [0.25, 0.3) is 5.91 Å². The highest BCUT2D eigenvalue weighted by atomic mass is 32.2. The Labute approximate surface area is 240 Å². The topological polar surface area (TPSA) is 110 Å². The van der Waals surface area contributed by atoms with Crippen molar-refractivity contribution >= 4 is 33.1 Å². The molecule has 5 atom stereocenters. The predicted octanol–water partition coefficient (Wildman–Crippen LogP) is 2.98. The van der Waals surface area contributed by atoms with Gasteiger partial charge in [-0.2, -0.15) is 0 Å². The van der Waals surface area contributed by atoms with Crippen molar-refractivity contribution in [2.75, 3.05) is 56.8 Å². The van der Waals surface area contributed by atoms with E-state index >= 15 is 0 Å². The van der Waals surface area contributed by atoms with Crippen molar-refractivity contribution in [1.82, 2.24) is 10.3 Å². The van der Waals surface area contributed by atoms with Crippen molar-refractivity contribution in [1.29, 1.82) is 0 Å². The molecule has 1 saturated carbocycles. The van der Waals surface area contributed by atoms with E-state index in [2.05, 4.69) is 23.0 Å². The lowest BCUT2D eigenvalue weighted by atomic mass is 9.99. The molecule has 0 radical (unpaired) electrons. The van der Waals surface area contributed by atoms with Gasteiger partial charge in [0.05, 0.1) is 29.0 Å². The number of aromatic nitrogens is 1. The molecule has 1 heterocycles. The smallest absolute Gasteiger partial charge is 0.251 e. The summed E-state index contributed by atoms with van der Waals surface area (Å²) in [4.78, 5) is 20.8. The Morgan fingerprint density at radius 3 is 2.42 bits per heavy atom. The maximum Gasteiger partial charge on any atom is 0.251 e. The number of carbonyl (C=O) groups excluding carboxylic acids is 1. The van der Waals surface area contributed by atoms with Crippen LogP contribution in [0.4, 0.5) is 11.6 Å². The molecule has 10 heteroatoms. The maximum absolute atomic E-state index is 13.8. The molecule has 4 unspecified atom stereocenters. The maximum atomic E-state index is 13.8. The minimum atomic E-state index is -2.68. The first-order chi connectivity index (χ1) is 19.0. The first-order valence-corrected chi connectivity index (χ1v) is 15.7. The molecule has 222 valence electrons. The van der Waals surface area contributed by atoms with E-state index in [1.165, 1.54) is 0 Å². The lowest BCUT2D eigenvalue weighted by Crippen LogP contribution is -2.51. The van der Waals surface area contributed by atoms with Crippen molar-refractivity contribution < 1.29 is 18.5 Å². The van der Waals surface area contributed by atoms with Crippen LogP contribution in [0.25, 0.3) is 0 Å². The third-order valence-corrected chi connectivity index (χ3v) is 10.3. The van der Waals surface area contributed by atoms with E-state index in [-0.39, 0.29) is 17.2 Å². The molecule has 1 aromatic carbocycles. The van der Waals surface area contributed by atoms with E-state index in [1.54, 1.807) is 37.7 Å². The van der Waals surface area contributed by atoms with E-state index < -0.39 is 15.7 Å². The number of carbonyl (C=O) groups is 1. The highest BCUT2D eigenvalue weighted by molar-refractivity contribution is 8.02. The number of benzene rings is 1. The molecule has 1 fully saturated rings. The Balaban J connectivity index is 2.00. The number of methoxy groups -OCH3 is 2. The van der Waals surface area contributed by atoms with Crippen LogP contribution < -0.4 is 20.3 Å². The van der Waals surface area contributed by atoms with Crippen LogP contribution in [0.15, 0.2) is 42.5 Å². The second-order valence-corrected chi connectivity index (χ2v) is 14.0. The second-order valence-electron chi connectivity index (χ2n) is 11.1. The lowest BCUT2D eigenvalue weighted by Gasteiger charge is -2.30. The van der Waals surface area contributed by atoms with Crippen molar-refractivity contribution in [2.24, 2.45) is 17.6 Å². The Morgan fingerprint density at radius 2 is 1.85 bits per heavy atom. The average Bonchev–Trinajstić information content (AvgIpc) is 3.64. The summed E-state index contributed by atoms with van der Waals surface area (Å²) in [6.45, 7) is 8.24. The molecule has 2 aromatic rings. The number of nitrogens with zero attached hydrogens (tertiary/aromatic N) is 3. The number of hydrogen-bond donors (Lipinski definition) is 2. The lowest BCUT2D eigenvalue weighted by molar-refractivity contribution is 0.0913. The molecule has 0 spiro atoms. The van der Waals surface area contributed by atoms with Gasteiger partial charge in [-0.1, -0.05) is 37.3 Å². The number of rotatable bonds is 16. The van der Waals surface area contributed by atoms with Gasteiger partial charge in [-0.3, -0.25) is 9.10 Å². The van der Waals surface area contributed by atoms with Crippen LogP contribution in [0, 0.1) is 11.8 Å². The fourth-order valence-corrected chi connectivity index (χ4v) is 5.65. The molecule has 40 heavy (non-hydrogen) atoms. The van der Waals surface area contributed by atoms with Crippen LogP contribution in [-0.2, 0) is 25.6 Å². The Kier molecular flexibility index (Phi) is 11.4.